The molecule has 0 nitrogen and oxygen atoms in total. The van der Waals surface area contributed by atoms with E-state index < -0.39 is 0 Å². The van der Waals surface area contributed by atoms with Gasteiger partial charge in [-0.05, 0) is 0 Å². The fourth-order valence-corrected chi connectivity index (χ4v) is 0.470. The second-order valence-corrected chi connectivity index (χ2v) is 1.58. The van der Waals surface area contributed by atoms with Gasteiger partial charge in [0.25, 0.3) is 0 Å². The topological polar surface area (TPSA) is 0 Å². The van der Waals surface area contributed by atoms with Gasteiger partial charge in [-0.25, -0.2) is 0 Å². The maximum atomic E-state index is 2.93. The van der Waals surface area contributed by atoms with Crippen molar-refractivity contribution >= 4 is 0 Å². The molecule has 0 N–H and O–H groups in total. The van der Waals surface area contributed by atoms with Gasteiger partial charge in [0.2, 0.25) is 0 Å². The molecule has 0 heterocycles. The maximum Gasteiger partial charge on any atom is 0 e. The zero-order valence-corrected chi connectivity index (χ0v) is 8.97. The van der Waals surface area contributed by atoms with Gasteiger partial charge in [0, 0.05) is 31.1 Å². The fourth-order valence-electron chi connectivity index (χ4n) is 0.470. The molecule has 1 rings (SSSR count). The van der Waals surface area contributed by atoms with Crippen molar-refractivity contribution in [2.45, 2.75) is 6.92 Å². The summed E-state index contributed by atoms with van der Waals surface area (Å²) >= 11 is 0. The molecular formula is C7H7U-. The van der Waals surface area contributed by atoms with Crippen molar-refractivity contribution in [3.63, 3.8) is 0 Å². The first-order valence-corrected chi connectivity index (χ1v) is 2.32. The van der Waals surface area contributed by atoms with Crippen molar-refractivity contribution in [1.29, 1.82) is 0 Å². The summed E-state index contributed by atoms with van der Waals surface area (Å²) in [5.41, 5.74) is 1.29. The Morgan fingerprint density at radius 2 is 1.75 bits per heavy atom. The Balaban J connectivity index is 0.000000490. The molecule has 0 aromatic heterocycles. The molecule has 0 radical (unpaired) electrons. The second kappa shape index (κ2) is 4.18. The molecule has 0 amide bonds. The minimum absolute atomic E-state index is 0. The van der Waals surface area contributed by atoms with Gasteiger partial charge in [-0.2, -0.15) is 35.9 Å². The third-order valence-electron chi connectivity index (χ3n) is 0.885. The van der Waals surface area contributed by atoms with Crippen molar-refractivity contribution in [2.75, 3.05) is 0 Å². The Bertz CT molecular complexity index is 134. The van der Waals surface area contributed by atoms with E-state index in [4.69, 9.17) is 0 Å². The Morgan fingerprint density at radius 3 is 2.00 bits per heavy atom. The summed E-state index contributed by atoms with van der Waals surface area (Å²) in [5, 5.41) is 0. The van der Waals surface area contributed by atoms with Crippen LogP contribution in [0.15, 0.2) is 24.3 Å². The molecule has 0 atom stereocenters. The van der Waals surface area contributed by atoms with Crippen LogP contribution in [-0.2, 0) is 0 Å². The Kier molecular flexibility index (Phi) is 4.32. The number of hydrogen-bond acceptors (Lipinski definition) is 0. The molecule has 0 spiro atoms. The van der Waals surface area contributed by atoms with Crippen LogP contribution in [0.2, 0.25) is 0 Å². The second-order valence-electron chi connectivity index (χ2n) is 1.58. The van der Waals surface area contributed by atoms with E-state index in [0.717, 1.165) is 0 Å². The molecule has 0 aliphatic rings. The molecule has 40 valence electrons. The molecule has 0 fully saturated rings. The van der Waals surface area contributed by atoms with Gasteiger partial charge in [0.1, 0.15) is 0 Å². The summed E-state index contributed by atoms with van der Waals surface area (Å²) < 4.78 is 0. The van der Waals surface area contributed by atoms with Crippen LogP contribution in [0.25, 0.3) is 0 Å². The van der Waals surface area contributed by atoms with Crippen LogP contribution in [-0.4, -0.2) is 0 Å². The monoisotopic (exact) mass is 329 g/mol. The van der Waals surface area contributed by atoms with Crippen molar-refractivity contribution in [3.8, 4) is 0 Å². The fraction of sp³-hybridized carbons (Fsp3) is 0.143. The number of benzene rings is 1. The van der Waals surface area contributed by atoms with Gasteiger partial charge in [-0.3, -0.25) is 0 Å². The van der Waals surface area contributed by atoms with Gasteiger partial charge in [-0.15, -0.1) is 0 Å². The minimum atomic E-state index is 0. The predicted molar refractivity (Wildman–Crippen MR) is 30.0 cm³/mol. The molecule has 0 aliphatic heterocycles. The van der Waals surface area contributed by atoms with E-state index in [9.17, 15) is 0 Å². The molecule has 0 unspecified atom stereocenters. The first kappa shape index (κ1) is 8.27. The Labute approximate surface area is 73.7 Å². The standard InChI is InChI=1S/C7H7.U/c1-7-5-3-2-4-6-7;/h3-6H,1H3;/q-1;. The van der Waals surface area contributed by atoms with Crippen molar-refractivity contribution in [1.82, 2.24) is 0 Å². The van der Waals surface area contributed by atoms with Gasteiger partial charge in [-0.1, -0.05) is 6.92 Å². The van der Waals surface area contributed by atoms with Crippen LogP contribution < -0.4 is 0 Å². The van der Waals surface area contributed by atoms with Gasteiger partial charge in [0.05, 0.1) is 0 Å². The molecule has 0 saturated heterocycles. The number of hydrogen-bond donors (Lipinski definition) is 0. The first-order valence-electron chi connectivity index (χ1n) is 2.32. The van der Waals surface area contributed by atoms with E-state index >= 15 is 0 Å². The largest absolute Gasteiger partial charge is 0.184 e. The summed E-state index contributed by atoms with van der Waals surface area (Å²) in [5.74, 6) is 0. The average molecular weight is 329 g/mol. The molecular weight excluding hydrogens is 322 g/mol. The van der Waals surface area contributed by atoms with E-state index in [0.29, 0.717) is 0 Å². The van der Waals surface area contributed by atoms with Crippen LogP contribution >= 0.6 is 0 Å². The SMILES string of the molecule is Cc1cc[c-]cc1.[U]. The van der Waals surface area contributed by atoms with E-state index in [1.165, 1.54) is 5.56 Å². The van der Waals surface area contributed by atoms with Crippen LogP contribution in [0.4, 0.5) is 0 Å². The van der Waals surface area contributed by atoms with Crippen LogP contribution in [0, 0.1) is 44.1 Å². The quantitative estimate of drug-likeness (QED) is 0.637. The van der Waals surface area contributed by atoms with Gasteiger partial charge in [0.15, 0.2) is 0 Å². The van der Waals surface area contributed by atoms with E-state index in [1.807, 2.05) is 24.3 Å². The maximum absolute atomic E-state index is 2.93. The molecule has 0 aliphatic carbocycles. The molecule has 8 heavy (non-hydrogen) atoms. The number of rotatable bonds is 0. The molecule has 1 aromatic rings. The van der Waals surface area contributed by atoms with E-state index in [1.54, 1.807) is 0 Å². The summed E-state index contributed by atoms with van der Waals surface area (Å²) in [4.78, 5) is 0. The number of aryl methyl sites for hydroxylation is 1. The van der Waals surface area contributed by atoms with Crippen molar-refractivity contribution < 1.29 is 31.1 Å². The van der Waals surface area contributed by atoms with Gasteiger partial charge < -0.3 is 0 Å². The predicted octanol–water partition coefficient (Wildman–Crippen LogP) is 1.80. The summed E-state index contributed by atoms with van der Waals surface area (Å²) in [6.45, 7) is 2.06. The van der Waals surface area contributed by atoms with E-state index in [-0.39, 0.29) is 31.1 Å². The third kappa shape index (κ3) is 2.55. The summed E-state index contributed by atoms with van der Waals surface area (Å²) in [6, 6.07) is 10.8. The Morgan fingerprint density at radius 1 is 1.25 bits per heavy atom. The normalized spacial score (nSPS) is 7.62. The summed E-state index contributed by atoms with van der Waals surface area (Å²) in [7, 11) is 0. The minimum Gasteiger partial charge on any atom is -0.184 e. The average Bonchev–Trinajstić information content (AvgIpc) is 1.69. The summed E-state index contributed by atoms with van der Waals surface area (Å²) in [6.07, 6.45) is 0. The van der Waals surface area contributed by atoms with Crippen molar-refractivity contribution in [2.24, 2.45) is 0 Å². The molecule has 1 aromatic carbocycles. The Hall–Kier alpha value is 0.272. The first-order chi connectivity index (χ1) is 3.39. The smallest absolute Gasteiger partial charge is 0 e. The third-order valence-corrected chi connectivity index (χ3v) is 0.885. The van der Waals surface area contributed by atoms with Crippen molar-refractivity contribution in [3.05, 3.63) is 35.9 Å². The van der Waals surface area contributed by atoms with Crippen LogP contribution in [0.1, 0.15) is 5.56 Å². The van der Waals surface area contributed by atoms with Gasteiger partial charge >= 0.3 is 0 Å². The van der Waals surface area contributed by atoms with Crippen LogP contribution in [0.3, 0.4) is 0 Å². The zero-order chi connectivity index (χ0) is 5.11. The zero-order valence-electron chi connectivity index (χ0n) is 4.81. The van der Waals surface area contributed by atoms with E-state index in [2.05, 4.69) is 13.0 Å². The molecule has 0 bridgehead atoms. The molecule has 0 saturated carbocycles. The molecule has 1 heteroatoms. The van der Waals surface area contributed by atoms with Crippen LogP contribution in [0.5, 0.6) is 0 Å².